The van der Waals surface area contributed by atoms with Gasteiger partial charge >= 0.3 is 5.97 Å². The van der Waals surface area contributed by atoms with Crippen molar-refractivity contribution < 1.29 is 14.5 Å². The molecule has 1 aromatic rings. The quantitative estimate of drug-likeness (QED) is 0.484. The van der Waals surface area contributed by atoms with Gasteiger partial charge in [-0.2, -0.15) is 0 Å². The molecule has 2 rings (SSSR count). The van der Waals surface area contributed by atoms with Crippen LogP contribution in [0.1, 0.15) is 42.5 Å². The fourth-order valence-electron chi connectivity index (χ4n) is 2.88. The molecule has 6 nitrogen and oxygen atoms in total. The van der Waals surface area contributed by atoms with Crippen LogP contribution in [0.15, 0.2) is 18.2 Å². The molecule has 0 radical (unpaired) electrons. The zero-order chi connectivity index (χ0) is 15.4. The van der Waals surface area contributed by atoms with E-state index in [0.717, 1.165) is 12.8 Å². The van der Waals surface area contributed by atoms with Gasteiger partial charge in [0.15, 0.2) is 0 Å². The van der Waals surface area contributed by atoms with Crippen LogP contribution in [0.5, 0.6) is 0 Å². The van der Waals surface area contributed by atoms with E-state index in [0.29, 0.717) is 11.7 Å². The highest BCUT2D eigenvalue weighted by Gasteiger charge is 2.24. The van der Waals surface area contributed by atoms with Crippen LogP contribution in [-0.2, 0) is 4.74 Å². The number of benzene rings is 1. The van der Waals surface area contributed by atoms with Gasteiger partial charge in [-0.15, -0.1) is 0 Å². The Labute approximate surface area is 123 Å². The summed E-state index contributed by atoms with van der Waals surface area (Å²) in [4.78, 5) is 24.4. The summed E-state index contributed by atoms with van der Waals surface area (Å²) in [5.41, 5.74) is 0.843. The van der Waals surface area contributed by atoms with E-state index >= 15 is 0 Å². The number of carbonyl (C=O) groups excluding carboxylic acids is 1. The van der Waals surface area contributed by atoms with Crippen LogP contribution in [0, 0.1) is 10.1 Å². The van der Waals surface area contributed by atoms with Crippen LogP contribution in [-0.4, -0.2) is 31.1 Å². The van der Waals surface area contributed by atoms with Gasteiger partial charge in [0.2, 0.25) is 0 Å². The zero-order valence-electron chi connectivity index (χ0n) is 12.4. The van der Waals surface area contributed by atoms with Crippen molar-refractivity contribution >= 4 is 17.3 Å². The van der Waals surface area contributed by atoms with E-state index in [9.17, 15) is 14.9 Å². The van der Waals surface area contributed by atoms with Crippen molar-refractivity contribution in [2.75, 3.05) is 19.1 Å². The Balaban J connectivity index is 2.36. The van der Waals surface area contributed by atoms with Gasteiger partial charge in [0, 0.05) is 25.2 Å². The van der Waals surface area contributed by atoms with Gasteiger partial charge in [0.25, 0.3) is 5.69 Å². The molecule has 6 heteroatoms. The predicted octanol–water partition coefficient (Wildman–Crippen LogP) is 3.15. The molecule has 0 aromatic heterocycles. The fraction of sp³-hybridized carbons (Fsp3) is 0.533. The second-order valence-electron chi connectivity index (χ2n) is 5.35. The smallest absolute Gasteiger partial charge is 0.340 e. The molecule has 1 fully saturated rings. The number of nitro benzene ring substituents is 1. The molecule has 0 atom stereocenters. The molecule has 0 unspecified atom stereocenters. The van der Waals surface area contributed by atoms with E-state index < -0.39 is 10.9 Å². The first-order chi connectivity index (χ1) is 10.0. The van der Waals surface area contributed by atoms with Crippen LogP contribution in [0.25, 0.3) is 0 Å². The van der Waals surface area contributed by atoms with E-state index in [1.165, 1.54) is 38.5 Å². The molecule has 21 heavy (non-hydrogen) atoms. The Morgan fingerprint density at radius 1 is 1.33 bits per heavy atom. The third kappa shape index (κ3) is 3.32. The molecule has 0 aliphatic heterocycles. The molecule has 114 valence electrons. The van der Waals surface area contributed by atoms with Crippen LogP contribution < -0.4 is 4.90 Å². The number of anilines is 1. The summed E-state index contributed by atoms with van der Waals surface area (Å²) in [5, 5.41) is 10.9. The van der Waals surface area contributed by atoms with Gasteiger partial charge in [-0.25, -0.2) is 4.79 Å². The summed E-state index contributed by atoms with van der Waals surface area (Å²) >= 11 is 0. The topological polar surface area (TPSA) is 72.7 Å². The van der Waals surface area contributed by atoms with Crippen molar-refractivity contribution in [3.8, 4) is 0 Å². The number of esters is 1. The fourth-order valence-corrected chi connectivity index (χ4v) is 2.88. The normalized spacial score (nSPS) is 15.5. The molecule has 1 aliphatic carbocycles. The van der Waals surface area contributed by atoms with Gasteiger partial charge in [0.05, 0.1) is 23.3 Å². The van der Waals surface area contributed by atoms with Gasteiger partial charge < -0.3 is 9.64 Å². The van der Waals surface area contributed by atoms with Crippen molar-refractivity contribution in [2.24, 2.45) is 0 Å². The van der Waals surface area contributed by atoms with Crippen LogP contribution in [0.4, 0.5) is 11.4 Å². The predicted molar refractivity (Wildman–Crippen MR) is 79.7 cm³/mol. The van der Waals surface area contributed by atoms with Gasteiger partial charge in [-0.1, -0.05) is 19.3 Å². The number of rotatable bonds is 4. The number of non-ortho nitro benzene ring substituents is 1. The third-order valence-electron chi connectivity index (χ3n) is 4.10. The van der Waals surface area contributed by atoms with Crippen molar-refractivity contribution in [1.29, 1.82) is 0 Å². The second kappa shape index (κ2) is 6.56. The maximum absolute atomic E-state index is 11.9. The summed E-state index contributed by atoms with van der Waals surface area (Å²) in [6.45, 7) is 0. The Morgan fingerprint density at radius 2 is 2.00 bits per heavy atom. The number of methoxy groups -OCH3 is 1. The molecular weight excluding hydrogens is 272 g/mol. The number of nitro groups is 1. The molecule has 0 bridgehead atoms. The molecule has 0 amide bonds. The maximum atomic E-state index is 11.9. The van der Waals surface area contributed by atoms with Crippen molar-refractivity contribution in [3.63, 3.8) is 0 Å². The SMILES string of the molecule is COC(=O)c1cc([N+](=O)[O-])ccc1N(C)C1CCCCC1. The summed E-state index contributed by atoms with van der Waals surface area (Å²) in [6, 6.07) is 4.73. The molecule has 1 saturated carbocycles. The van der Waals surface area contributed by atoms with Gasteiger partial charge in [-0.3, -0.25) is 10.1 Å². The highest BCUT2D eigenvalue weighted by atomic mass is 16.6. The summed E-state index contributed by atoms with van der Waals surface area (Å²) in [7, 11) is 3.22. The maximum Gasteiger partial charge on any atom is 0.340 e. The third-order valence-corrected chi connectivity index (χ3v) is 4.10. The minimum absolute atomic E-state index is 0.101. The van der Waals surface area contributed by atoms with E-state index in [1.807, 2.05) is 7.05 Å². The number of nitrogens with zero attached hydrogens (tertiary/aromatic N) is 2. The molecule has 0 spiro atoms. The first kappa shape index (κ1) is 15.3. The largest absolute Gasteiger partial charge is 0.465 e. The average Bonchev–Trinajstić information content (AvgIpc) is 2.53. The van der Waals surface area contributed by atoms with Gasteiger partial charge in [0.1, 0.15) is 0 Å². The monoisotopic (exact) mass is 292 g/mol. The molecule has 1 aromatic carbocycles. The molecule has 0 heterocycles. The average molecular weight is 292 g/mol. The number of ether oxygens (including phenoxy) is 1. The van der Waals surface area contributed by atoms with Crippen LogP contribution in [0.2, 0.25) is 0 Å². The van der Waals surface area contributed by atoms with Crippen molar-refractivity contribution in [2.45, 2.75) is 38.1 Å². The Morgan fingerprint density at radius 3 is 2.57 bits per heavy atom. The van der Waals surface area contributed by atoms with E-state index in [4.69, 9.17) is 4.74 Å². The highest BCUT2D eigenvalue weighted by Crippen LogP contribution is 2.31. The Bertz CT molecular complexity index is 538. The number of hydrogen-bond acceptors (Lipinski definition) is 5. The minimum Gasteiger partial charge on any atom is -0.465 e. The first-order valence-corrected chi connectivity index (χ1v) is 7.14. The Kier molecular flexibility index (Phi) is 4.77. The van der Waals surface area contributed by atoms with Gasteiger partial charge in [-0.05, 0) is 18.9 Å². The Hall–Kier alpha value is -2.11. The zero-order valence-corrected chi connectivity index (χ0v) is 12.4. The van der Waals surface area contributed by atoms with Crippen LogP contribution >= 0.6 is 0 Å². The highest BCUT2D eigenvalue weighted by molar-refractivity contribution is 5.96. The first-order valence-electron chi connectivity index (χ1n) is 7.14. The molecule has 0 N–H and O–H groups in total. The summed E-state index contributed by atoms with van der Waals surface area (Å²) in [5.74, 6) is -0.545. The van der Waals surface area contributed by atoms with Crippen molar-refractivity contribution in [3.05, 3.63) is 33.9 Å². The lowest BCUT2D eigenvalue weighted by molar-refractivity contribution is -0.384. The number of hydrogen-bond donors (Lipinski definition) is 0. The molecule has 1 aliphatic rings. The molecule has 0 saturated heterocycles. The summed E-state index contributed by atoms with van der Waals surface area (Å²) in [6.07, 6.45) is 5.75. The van der Waals surface area contributed by atoms with Crippen LogP contribution in [0.3, 0.4) is 0 Å². The number of carbonyl (C=O) groups is 1. The van der Waals surface area contributed by atoms with E-state index in [-0.39, 0.29) is 11.3 Å². The van der Waals surface area contributed by atoms with E-state index in [1.54, 1.807) is 6.07 Å². The lowest BCUT2D eigenvalue weighted by Gasteiger charge is -2.33. The van der Waals surface area contributed by atoms with E-state index in [2.05, 4.69) is 4.90 Å². The lowest BCUT2D eigenvalue weighted by Crippen LogP contribution is -2.34. The molecular formula is C15H20N2O4. The second-order valence-corrected chi connectivity index (χ2v) is 5.35. The lowest BCUT2D eigenvalue weighted by atomic mass is 9.93. The van der Waals surface area contributed by atoms with Crippen molar-refractivity contribution in [1.82, 2.24) is 0 Å². The minimum atomic E-state index is -0.545. The summed E-state index contributed by atoms with van der Waals surface area (Å²) < 4.78 is 4.76. The standard InChI is InChI=1S/C15H20N2O4/c1-16(11-6-4-3-5-7-11)14-9-8-12(17(19)20)10-13(14)15(18)21-2/h8-11H,3-7H2,1-2H3.